The van der Waals surface area contributed by atoms with E-state index in [4.69, 9.17) is 23.2 Å². The van der Waals surface area contributed by atoms with Crippen molar-refractivity contribution in [1.29, 1.82) is 0 Å². The Balaban J connectivity index is 2.02. The molecule has 0 saturated carbocycles. The van der Waals surface area contributed by atoms with Gasteiger partial charge in [0.25, 0.3) is 5.91 Å². The number of alkyl halides is 3. The Labute approximate surface area is 141 Å². The zero-order valence-electron chi connectivity index (χ0n) is 12.1. The van der Waals surface area contributed by atoms with Gasteiger partial charge in [-0.05, 0) is 18.2 Å². The van der Waals surface area contributed by atoms with Gasteiger partial charge in [-0.2, -0.15) is 13.2 Å². The smallest absolute Gasteiger partial charge is 0.350 e. The number of halogens is 5. The molecule has 1 aromatic rings. The zero-order valence-corrected chi connectivity index (χ0v) is 13.6. The monoisotopic (exact) mass is 369 g/mol. The molecule has 1 aliphatic heterocycles. The Morgan fingerprint density at radius 3 is 2.48 bits per heavy atom. The molecule has 1 heterocycles. The van der Waals surface area contributed by atoms with Crippen molar-refractivity contribution in [1.82, 2.24) is 15.5 Å². The van der Waals surface area contributed by atoms with Crippen molar-refractivity contribution >= 4 is 29.1 Å². The maximum Gasteiger partial charge on any atom is 0.405 e. The molecule has 1 aromatic carbocycles. The molecule has 1 aliphatic rings. The van der Waals surface area contributed by atoms with Crippen LogP contribution in [0.4, 0.5) is 13.2 Å². The van der Waals surface area contributed by atoms with Crippen LogP contribution in [0.5, 0.6) is 0 Å². The Morgan fingerprint density at radius 2 is 1.91 bits per heavy atom. The lowest BCUT2D eigenvalue weighted by Gasteiger charge is -2.35. The molecular formula is C14H16Cl2F3N3O. The minimum atomic E-state index is -4.41. The van der Waals surface area contributed by atoms with Gasteiger partial charge in [0.15, 0.2) is 0 Å². The van der Waals surface area contributed by atoms with Crippen molar-refractivity contribution in [3.8, 4) is 0 Å². The lowest BCUT2D eigenvalue weighted by Crippen LogP contribution is -2.57. The molecule has 0 bridgehead atoms. The minimum Gasteiger partial charge on any atom is -0.350 e. The van der Waals surface area contributed by atoms with Gasteiger partial charge >= 0.3 is 6.18 Å². The summed E-state index contributed by atoms with van der Waals surface area (Å²) in [6.45, 7) is 1.04. The lowest BCUT2D eigenvalue weighted by molar-refractivity contribution is -0.183. The first kappa shape index (κ1) is 18.3. The van der Waals surface area contributed by atoms with Crippen LogP contribution >= 0.6 is 23.2 Å². The van der Waals surface area contributed by atoms with Crippen LogP contribution in [0.15, 0.2) is 18.2 Å². The van der Waals surface area contributed by atoms with E-state index in [1.807, 2.05) is 0 Å². The SMILES string of the molecule is O=C(NCC(N1CCNCC1)C(F)(F)F)c1ccc(Cl)c(Cl)c1. The van der Waals surface area contributed by atoms with Crippen molar-refractivity contribution in [3.63, 3.8) is 0 Å². The van der Waals surface area contributed by atoms with Gasteiger partial charge in [0, 0.05) is 38.3 Å². The summed E-state index contributed by atoms with van der Waals surface area (Å²) < 4.78 is 39.7. The van der Waals surface area contributed by atoms with Crippen LogP contribution in [0.2, 0.25) is 10.0 Å². The molecule has 1 fully saturated rings. The zero-order chi connectivity index (χ0) is 17.0. The van der Waals surface area contributed by atoms with Crippen LogP contribution in [-0.2, 0) is 0 Å². The van der Waals surface area contributed by atoms with Crippen LogP contribution in [0, 0.1) is 0 Å². The maximum absolute atomic E-state index is 13.2. The van der Waals surface area contributed by atoms with E-state index in [1.54, 1.807) is 0 Å². The molecule has 1 amide bonds. The standard InChI is InChI=1S/C14H16Cl2F3N3O/c15-10-2-1-9(7-11(10)16)13(23)21-8-12(14(17,18)19)22-5-3-20-4-6-22/h1-2,7,12,20H,3-6,8H2,(H,21,23). The summed E-state index contributed by atoms with van der Waals surface area (Å²) in [5.41, 5.74) is 0.167. The first-order valence-corrected chi connectivity index (χ1v) is 7.79. The van der Waals surface area contributed by atoms with Gasteiger partial charge in [-0.1, -0.05) is 23.2 Å². The predicted octanol–water partition coefficient (Wildman–Crippen LogP) is 2.56. The quantitative estimate of drug-likeness (QED) is 0.857. The fourth-order valence-corrected chi connectivity index (χ4v) is 2.67. The summed E-state index contributed by atoms with van der Waals surface area (Å²) in [6, 6.07) is 2.45. The van der Waals surface area contributed by atoms with E-state index < -0.39 is 24.7 Å². The molecule has 0 spiro atoms. The number of hydrogen-bond donors (Lipinski definition) is 2. The molecule has 0 aromatic heterocycles. The maximum atomic E-state index is 13.2. The topological polar surface area (TPSA) is 44.4 Å². The van der Waals surface area contributed by atoms with Crippen molar-refractivity contribution < 1.29 is 18.0 Å². The highest BCUT2D eigenvalue weighted by atomic mass is 35.5. The molecule has 128 valence electrons. The largest absolute Gasteiger partial charge is 0.405 e. The van der Waals surface area contributed by atoms with Crippen LogP contribution in [0.3, 0.4) is 0 Å². The average molecular weight is 370 g/mol. The summed E-state index contributed by atoms with van der Waals surface area (Å²) in [5.74, 6) is -0.618. The first-order chi connectivity index (χ1) is 10.8. The second kappa shape index (κ2) is 7.70. The number of carbonyl (C=O) groups excluding carboxylic acids is 1. The summed E-state index contributed by atoms with van der Waals surface area (Å²) >= 11 is 11.6. The van der Waals surface area contributed by atoms with Gasteiger partial charge in [-0.3, -0.25) is 9.69 Å². The van der Waals surface area contributed by atoms with Crippen molar-refractivity contribution in [2.45, 2.75) is 12.2 Å². The van der Waals surface area contributed by atoms with Gasteiger partial charge < -0.3 is 10.6 Å². The third kappa shape index (κ3) is 4.97. The van der Waals surface area contributed by atoms with Crippen molar-refractivity contribution in [2.75, 3.05) is 32.7 Å². The van der Waals surface area contributed by atoms with Crippen LogP contribution in [0.25, 0.3) is 0 Å². The normalized spacial score (nSPS) is 17.8. The third-order valence-corrected chi connectivity index (χ3v) is 4.35. The number of benzene rings is 1. The van der Waals surface area contributed by atoms with Crippen molar-refractivity contribution in [3.05, 3.63) is 33.8 Å². The van der Waals surface area contributed by atoms with Crippen molar-refractivity contribution in [2.24, 2.45) is 0 Å². The lowest BCUT2D eigenvalue weighted by atomic mass is 10.1. The molecule has 0 radical (unpaired) electrons. The van der Waals surface area contributed by atoms with E-state index in [1.165, 1.54) is 23.1 Å². The van der Waals surface area contributed by atoms with E-state index >= 15 is 0 Å². The highest BCUT2D eigenvalue weighted by Gasteiger charge is 2.43. The number of nitrogens with one attached hydrogen (secondary N) is 2. The second-order valence-electron chi connectivity index (χ2n) is 5.18. The average Bonchev–Trinajstić information content (AvgIpc) is 2.49. The highest BCUT2D eigenvalue weighted by Crippen LogP contribution is 2.25. The van der Waals surface area contributed by atoms with E-state index in [0.717, 1.165) is 0 Å². The molecule has 4 nitrogen and oxygen atoms in total. The van der Waals surface area contributed by atoms with Crippen LogP contribution < -0.4 is 10.6 Å². The molecule has 2 N–H and O–H groups in total. The Bertz CT molecular complexity index is 563. The van der Waals surface area contributed by atoms with E-state index in [2.05, 4.69) is 10.6 Å². The number of amides is 1. The summed E-state index contributed by atoms with van der Waals surface area (Å²) in [7, 11) is 0. The van der Waals surface area contributed by atoms with E-state index in [-0.39, 0.29) is 28.7 Å². The van der Waals surface area contributed by atoms with Gasteiger partial charge in [-0.25, -0.2) is 0 Å². The number of carbonyl (C=O) groups is 1. The third-order valence-electron chi connectivity index (χ3n) is 3.61. The Kier molecular flexibility index (Phi) is 6.13. The Hall–Kier alpha value is -1.02. The fourth-order valence-electron chi connectivity index (χ4n) is 2.37. The van der Waals surface area contributed by atoms with Gasteiger partial charge in [-0.15, -0.1) is 0 Å². The van der Waals surface area contributed by atoms with Crippen LogP contribution in [-0.4, -0.2) is 55.7 Å². The fraction of sp³-hybridized carbons (Fsp3) is 0.500. The molecule has 9 heteroatoms. The molecular weight excluding hydrogens is 354 g/mol. The molecule has 0 aliphatic carbocycles. The van der Waals surface area contributed by atoms with Crippen LogP contribution in [0.1, 0.15) is 10.4 Å². The molecule has 2 rings (SSSR count). The predicted molar refractivity (Wildman–Crippen MR) is 83.1 cm³/mol. The highest BCUT2D eigenvalue weighted by molar-refractivity contribution is 6.42. The molecule has 23 heavy (non-hydrogen) atoms. The summed E-state index contributed by atoms with van der Waals surface area (Å²) in [4.78, 5) is 13.3. The number of nitrogens with zero attached hydrogens (tertiary/aromatic N) is 1. The summed E-state index contributed by atoms with van der Waals surface area (Å²) in [6.07, 6.45) is -4.41. The number of hydrogen-bond acceptors (Lipinski definition) is 3. The molecule has 1 saturated heterocycles. The van der Waals surface area contributed by atoms with Gasteiger partial charge in [0.1, 0.15) is 6.04 Å². The summed E-state index contributed by atoms with van der Waals surface area (Å²) in [5, 5.41) is 5.78. The van der Waals surface area contributed by atoms with Gasteiger partial charge in [0.05, 0.1) is 10.0 Å². The van der Waals surface area contributed by atoms with E-state index in [0.29, 0.717) is 13.1 Å². The minimum absolute atomic E-state index is 0.167. The number of piperazine rings is 1. The molecule has 1 unspecified atom stereocenters. The van der Waals surface area contributed by atoms with Gasteiger partial charge in [0.2, 0.25) is 0 Å². The first-order valence-electron chi connectivity index (χ1n) is 7.04. The van der Waals surface area contributed by atoms with E-state index in [9.17, 15) is 18.0 Å². The second-order valence-corrected chi connectivity index (χ2v) is 6.00. The Morgan fingerprint density at radius 1 is 1.26 bits per heavy atom. The molecule has 1 atom stereocenters. The number of rotatable bonds is 4.